The van der Waals surface area contributed by atoms with Crippen molar-refractivity contribution in [3.8, 4) is 0 Å². The lowest BCUT2D eigenvalue weighted by atomic mass is 9.97. The van der Waals surface area contributed by atoms with Gasteiger partial charge in [-0.1, -0.05) is 12.1 Å². The fourth-order valence-electron chi connectivity index (χ4n) is 2.75. The van der Waals surface area contributed by atoms with Crippen LogP contribution in [0.15, 0.2) is 24.3 Å². The van der Waals surface area contributed by atoms with Crippen molar-refractivity contribution in [1.29, 1.82) is 0 Å². The largest absolute Gasteiger partial charge is 0.390 e. The Labute approximate surface area is 138 Å². The molecule has 0 atom stereocenters. The predicted molar refractivity (Wildman–Crippen MR) is 93.5 cm³/mol. The molecule has 0 spiro atoms. The van der Waals surface area contributed by atoms with Crippen LogP contribution in [-0.4, -0.2) is 46.1 Å². The third kappa shape index (κ3) is 5.03. The minimum Gasteiger partial charge on any atom is -0.390 e. The maximum atomic E-state index is 12.7. The molecule has 0 saturated carbocycles. The maximum absolute atomic E-state index is 12.7. The van der Waals surface area contributed by atoms with Crippen molar-refractivity contribution < 1.29 is 9.90 Å². The molecule has 122 valence electrons. The second kappa shape index (κ2) is 7.51. The first kappa shape index (κ1) is 17.4. The number of thioether (sulfide) groups is 1. The molecule has 1 N–H and O–H groups in total. The van der Waals surface area contributed by atoms with Crippen LogP contribution in [0.25, 0.3) is 0 Å². The summed E-state index contributed by atoms with van der Waals surface area (Å²) in [4.78, 5) is 14.6. The molecule has 1 amide bonds. The van der Waals surface area contributed by atoms with E-state index in [2.05, 4.69) is 0 Å². The Morgan fingerprint density at radius 2 is 2.05 bits per heavy atom. The molecule has 0 aromatic heterocycles. The Hall–Kier alpha value is -1.00. The van der Waals surface area contributed by atoms with Crippen LogP contribution in [0.2, 0.25) is 0 Å². The van der Waals surface area contributed by atoms with Crippen LogP contribution < -0.4 is 0 Å². The van der Waals surface area contributed by atoms with Gasteiger partial charge in [0.2, 0.25) is 0 Å². The summed E-state index contributed by atoms with van der Waals surface area (Å²) in [7, 11) is 1.92. The lowest BCUT2D eigenvalue weighted by Gasteiger charge is -2.31. The molecule has 1 fully saturated rings. The Balaban J connectivity index is 2.03. The number of hydrogen-bond acceptors (Lipinski definition) is 3. The molecule has 0 aliphatic carbocycles. The molecule has 1 aromatic carbocycles. The molecule has 1 aromatic rings. The quantitative estimate of drug-likeness (QED) is 0.904. The van der Waals surface area contributed by atoms with Crippen LogP contribution in [0, 0.1) is 0 Å². The van der Waals surface area contributed by atoms with Gasteiger partial charge in [0, 0.05) is 18.7 Å². The van der Waals surface area contributed by atoms with Gasteiger partial charge >= 0.3 is 0 Å². The van der Waals surface area contributed by atoms with Crippen molar-refractivity contribution in [2.75, 3.05) is 18.6 Å². The topological polar surface area (TPSA) is 40.5 Å². The lowest BCUT2D eigenvalue weighted by Crippen LogP contribution is -2.39. The number of rotatable bonds is 5. The first-order valence-electron chi connectivity index (χ1n) is 8.03. The first-order chi connectivity index (χ1) is 10.4. The van der Waals surface area contributed by atoms with Gasteiger partial charge in [0.25, 0.3) is 5.91 Å². The zero-order valence-electron chi connectivity index (χ0n) is 13.8. The molecule has 1 aliphatic heterocycles. The van der Waals surface area contributed by atoms with Gasteiger partial charge in [-0.3, -0.25) is 4.79 Å². The van der Waals surface area contributed by atoms with Crippen LogP contribution in [0.1, 0.15) is 49.0 Å². The predicted octanol–water partition coefficient (Wildman–Crippen LogP) is 3.36. The van der Waals surface area contributed by atoms with E-state index in [1.165, 1.54) is 0 Å². The van der Waals surface area contributed by atoms with Gasteiger partial charge in [0.1, 0.15) is 0 Å². The van der Waals surface area contributed by atoms with E-state index in [0.717, 1.165) is 41.9 Å². The molecule has 2 rings (SSSR count). The van der Waals surface area contributed by atoms with Gasteiger partial charge in [0.05, 0.1) is 5.60 Å². The third-order valence-corrected chi connectivity index (χ3v) is 5.31. The van der Waals surface area contributed by atoms with Crippen molar-refractivity contribution in [2.45, 2.75) is 51.2 Å². The molecule has 1 saturated heterocycles. The number of carbonyl (C=O) groups excluding carboxylic acids is 1. The van der Waals surface area contributed by atoms with Crippen molar-refractivity contribution in [3.63, 3.8) is 0 Å². The molecule has 0 bridgehead atoms. The van der Waals surface area contributed by atoms with E-state index in [-0.39, 0.29) is 5.91 Å². The van der Waals surface area contributed by atoms with Crippen LogP contribution in [0.4, 0.5) is 0 Å². The SMILES string of the molecule is CN(C(=O)c1cccc(CCC(C)(C)O)c1)C1CCSCC1. The standard InChI is InChI=1S/C18H27NO2S/c1-18(2,21)10-7-14-5-4-6-15(13-14)17(20)19(3)16-8-11-22-12-9-16/h4-6,13,16,21H,7-12H2,1-3H3. The molecular weight excluding hydrogens is 294 g/mol. The van der Waals surface area contributed by atoms with E-state index in [1.807, 2.05) is 61.8 Å². The zero-order chi connectivity index (χ0) is 16.2. The van der Waals surface area contributed by atoms with Crippen LogP contribution in [-0.2, 0) is 6.42 Å². The van der Waals surface area contributed by atoms with Crippen LogP contribution in [0.3, 0.4) is 0 Å². The Morgan fingerprint density at radius 3 is 2.68 bits per heavy atom. The summed E-state index contributed by atoms with van der Waals surface area (Å²) in [6.45, 7) is 3.63. The molecule has 4 heteroatoms. The second-order valence-electron chi connectivity index (χ2n) is 6.77. The van der Waals surface area contributed by atoms with E-state index in [0.29, 0.717) is 12.5 Å². The smallest absolute Gasteiger partial charge is 0.253 e. The van der Waals surface area contributed by atoms with E-state index >= 15 is 0 Å². The number of nitrogens with zero attached hydrogens (tertiary/aromatic N) is 1. The lowest BCUT2D eigenvalue weighted by molar-refractivity contribution is 0.0714. The van der Waals surface area contributed by atoms with Crippen molar-refractivity contribution >= 4 is 17.7 Å². The molecular formula is C18H27NO2S. The molecule has 22 heavy (non-hydrogen) atoms. The van der Waals surface area contributed by atoms with Crippen LogP contribution in [0.5, 0.6) is 0 Å². The molecule has 0 radical (unpaired) electrons. The normalized spacial score (nSPS) is 16.5. The number of aliphatic hydroxyl groups is 1. The van der Waals surface area contributed by atoms with Crippen LogP contribution >= 0.6 is 11.8 Å². The van der Waals surface area contributed by atoms with Gasteiger partial charge in [-0.2, -0.15) is 11.8 Å². The number of hydrogen-bond donors (Lipinski definition) is 1. The highest BCUT2D eigenvalue weighted by Crippen LogP contribution is 2.22. The van der Waals surface area contributed by atoms with Crippen molar-refractivity contribution in [1.82, 2.24) is 4.90 Å². The van der Waals surface area contributed by atoms with Gasteiger partial charge < -0.3 is 10.0 Å². The van der Waals surface area contributed by atoms with E-state index in [9.17, 15) is 9.90 Å². The summed E-state index contributed by atoms with van der Waals surface area (Å²) in [5.74, 6) is 2.41. The minimum absolute atomic E-state index is 0.113. The molecule has 0 unspecified atom stereocenters. The Kier molecular flexibility index (Phi) is 5.93. The van der Waals surface area contributed by atoms with E-state index < -0.39 is 5.60 Å². The first-order valence-corrected chi connectivity index (χ1v) is 9.18. The highest BCUT2D eigenvalue weighted by atomic mass is 32.2. The number of aryl methyl sites for hydroxylation is 1. The number of carbonyl (C=O) groups is 1. The maximum Gasteiger partial charge on any atom is 0.253 e. The van der Waals surface area contributed by atoms with Gasteiger partial charge in [-0.15, -0.1) is 0 Å². The number of amides is 1. The highest BCUT2D eigenvalue weighted by Gasteiger charge is 2.23. The Morgan fingerprint density at radius 1 is 1.36 bits per heavy atom. The monoisotopic (exact) mass is 321 g/mol. The van der Waals surface area contributed by atoms with Gasteiger partial charge in [-0.25, -0.2) is 0 Å². The summed E-state index contributed by atoms with van der Waals surface area (Å²) in [6.07, 6.45) is 3.66. The fourth-order valence-corrected chi connectivity index (χ4v) is 3.83. The zero-order valence-corrected chi connectivity index (χ0v) is 14.7. The summed E-state index contributed by atoms with van der Waals surface area (Å²) in [5, 5.41) is 9.84. The Bertz CT molecular complexity index is 504. The van der Waals surface area contributed by atoms with Crippen molar-refractivity contribution in [2.24, 2.45) is 0 Å². The van der Waals surface area contributed by atoms with Gasteiger partial charge in [-0.05, 0) is 68.7 Å². The fraction of sp³-hybridized carbons (Fsp3) is 0.611. The minimum atomic E-state index is -0.670. The number of benzene rings is 1. The average molecular weight is 321 g/mol. The molecule has 1 heterocycles. The summed E-state index contributed by atoms with van der Waals surface area (Å²) in [5.41, 5.74) is 1.20. The second-order valence-corrected chi connectivity index (χ2v) is 8.00. The summed E-state index contributed by atoms with van der Waals surface area (Å²) in [6, 6.07) is 8.21. The third-order valence-electron chi connectivity index (χ3n) is 4.26. The summed E-state index contributed by atoms with van der Waals surface area (Å²) < 4.78 is 0. The highest BCUT2D eigenvalue weighted by molar-refractivity contribution is 7.99. The van der Waals surface area contributed by atoms with Gasteiger partial charge in [0.15, 0.2) is 0 Å². The summed E-state index contributed by atoms with van der Waals surface area (Å²) >= 11 is 1.97. The van der Waals surface area contributed by atoms with E-state index in [4.69, 9.17) is 0 Å². The molecule has 1 aliphatic rings. The average Bonchev–Trinajstić information content (AvgIpc) is 2.52. The molecule has 3 nitrogen and oxygen atoms in total. The van der Waals surface area contributed by atoms with Crippen molar-refractivity contribution in [3.05, 3.63) is 35.4 Å². The van der Waals surface area contributed by atoms with E-state index in [1.54, 1.807) is 0 Å².